The Morgan fingerprint density at radius 2 is 2.29 bits per heavy atom. The second-order valence-corrected chi connectivity index (χ2v) is 6.61. The highest BCUT2D eigenvalue weighted by Crippen LogP contribution is 2.29. The molecule has 24 heavy (non-hydrogen) atoms. The van der Waals surface area contributed by atoms with Crippen molar-refractivity contribution < 1.29 is 9.53 Å². The van der Waals surface area contributed by atoms with Crippen LogP contribution in [-0.2, 0) is 9.53 Å². The fraction of sp³-hybridized carbons (Fsp3) is 0.556. The van der Waals surface area contributed by atoms with Gasteiger partial charge in [0.05, 0.1) is 24.2 Å². The molecule has 1 amide bonds. The second-order valence-electron chi connectivity index (χ2n) is 6.61. The molecule has 0 unspecified atom stereocenters. The molecule has 1 fully saturated rings. The van der Waals surface area contributed by atoms with Gasteiger partial charge >= 0.3 is 0 Å². The summed E-state index contributed by atoms with van der Waals surface area (Å²) in [5.74, 6) is 1.44. The summed E-state index contributed by atoms with van der Waals surface area (Å²) in [6, 6.07) is 4.11. The zero-order chi connectivity index (χ0) is 17.1. The standard InChI is InChI=1S/C18H26N4O2/c1-20(2)18-16-7-5-9-21(16)13-15(19-18)14-6-4-10-22(12-14)17(23)8-11-24-3/h5,7,9,13-14H,4,6,8,10-12H2,1-3H3/t14-/m0/s1. The van der Waals surface area contributed by atoms with E-state index >= 15 is 0 Å². The van der Waals surface area contributed by atoms with Crippen LogP contribution in [0.25, 0.3) is 5.52 Å². The number of hydrogen-bond acceptors (Lipinski definition) is 4. The molecule has 0 N–H and O–H groups in total. The fourth-order valence-electron chi connectivity index (χ4n) is 3.37. The van der Waals surface area contributed by atoms with Crippen LogP contribution in [0.4, 0.5) is 5.82 Å². The number of piperidine rings is 1. The van der Waals surface area contributed by atoms with Crippen LogP contribution in [0.15, 0.2) is 24.5 Å². The van der Waals surface area contributed by atoms with Crippen molar-refractivity contribution in [3.8, 4) is 0 Å². The van der Waals surface area contributed by atoms with Gasteiger partial charge in [0, 0.05) is 52.6 Å². The Morgan fingerprint density at radius 1 is 1.46 bits per heavy atom. The number of likely N-dealkylation sites (tertiary alicyclic amines) is 1. The molecule has 1 saturated heterocycles. The van der Waals surface area contributed by atoms with Gasteiger partial charge in [-0.3, -0.25) is 4.79 Å². The Kier molecular flexibility index (Phi) is 5.04. The summed E-state index contributed by atoms with van der Waals surface area (Å²) >= 11 is 0. The lowest BCUT2D eigenvalue weighted by atomic mass is 9.94. The number of ether oxygens (including phenoxy) is 1. The summed E-state index contributed by atoms with van der Waals surface area (Å²) < 4.78 is 7.16. The van der Waals surface area contributed by atoms with Crippen LogP contribution < -0.4 is 4.90 Å². The van der Waals surface area contributed by atoms with Crippen molar-refractivity contribution in [3.63, 3.8) is 0 Å². The van der Waals surface area contributed by atoms with Gasteiger partial charge in [-0.25, -0.2) is 4.98 Å². The zero-order valence-corrected chi connectivity index (χ0v) is 14.7. The first-order valence-electron chi connectivity index (χ1n) is 8.52. The number of nitrogens with zero attached hydrogens (tertiary/aromatic N) is 4. The van der Waals surface area contributed by atoms with Crippen molar-refractivity contribution in [2.75, 3.05) is 45.8 Å². The predicted molar refractivity (Wildman–Crippen MR) is 94.6 cm³/mol. The summed E-state index contributed by atoms with van der Waals surface area (Å²) in [6.45, 7) is 2.07. The number of carbonyl (C=O) groups is 1. The van der Waals surface area contributed by atoms with E-state index in [1.807, 2.05) is 30.0 Å². The third-order valence-electron chi connectivity index (χ3n) is 4.65. The first-order valence-corrected chi connectivity index (χ1v) is 8.52. The lowest BCUT2D eigenvalue weighted by Crippen LogP contribution is -2.39. The molecular formula is C18H26N4O2. The van der Waals surface area contributed by atoms with E-state index in [9.17, 15) is 4.79 Å². The maximum absolute atomic E-state index is 12.3. The van der Waals surface area contributed by atoms with E-state index in [2.05, 4.69) is 22.9 Å². The van der Waals surface area contributed by atoms with Crippen LogP contribution in [-0.4, -0.2) is 61.1 Å². The Morgan fingerprint density at radius 3 is 3.04 bits per heavy atom. The van der Waals surface area contributed by atoms with Crippen molar-refractivity contribution in [2.45, 2.75) is 25.2 Å². The first-order chi connectivity index (χ1) is 11.6. The number of hydrogen-bond donors (Lipinski definition) is 0. The van der Waals surface area contributed by atoms with E-state index in [4.69, 9.17) is 9.72 Å². The van der Waals surface area contributed by atoms with Gasteiger partial charge in [-0.05, 0) is 25.0 Å². The molecule has 1 aliphatic heterocycles. The van der Waals surface area contributed by atoms with Gasteiger partial charge in [-0.2, -0.15) is 0 Å². The molecule has 0 saturated carbocycles. The summed E-state index contributed by atoms with van der Waals surface area (Å²) in [4.78, 5) is 21.2. The van der Waals surface area contributed by atoms with Crippen LogP contribution in [0.1, 0.15) is 30.9 Å². The van der Waals surface area contributed by atoms with Crippen molar-refractivity contribution in [1.29, 1.82) is 0 Å². The SMILES string of the molecule is COCCC(=O)N1CCC[C@H](c2cn3cccc3c(N(C)C)n2)C1. The molecule has 0 spiro atoms. The van der Waals surface area contributed by atoms with Crippen LogP contribution in [0, 0.1) is 0 Å². The minimum absolute atomic E-state index is 0.177. The number of rotatable bonds is 5. The summed E-state index contributed by atoms with van der Waals surface area (Å²) in [5, 5.41) is 0. The van der Waals surface area contributed by atoms with Crippen molar-refractivity contribution >= 4 is 17.2 Å². The maximum atomic E-state index is 12.3. The molecule has 130 valence electrons. The normalized spacial score (nSPS) is 18.1. The fourth-order valence-corrected chi connectivity index (χ4v) is 3.37. The average Bonchev–Trinajstić information content (AvgIpc) is 3.07. The van der Waals surface area contributed by atoms with Gasteiger partial charge in [0.15, 0.2) is 5.82 Å². The van der Waals surface area contributed by atoms with Crippen molar-refractivity contribution in [3.05, 3.63) is 30.2 Å². The van der Waals surface area contributed by atoms with E-state index in [1.165, 1.54) is 0 Å². The summed E-state index contributed by atoms with van der Waals surface area (Å²) in [6.07, 6.45) is 6.71. The Labute approximate surface area is 143 Å². The molecule has 0 aliphatic carbocycles. The minimum atomic E-state index is 0.177. The highest BCUT2D eigenvalue weighted by Gasteiger charge is 2.26. The maximum Gasteiger partial charge on any atom is 0.224 e. The zero-order valence-electron chi connectivity index (χ0n) is 14.7. The Hall–Kier alpha value is -2.08. The molecule has 3 rings (SSSR count). The van der Waals surface area contributed by atoms with Crippen LogP contribution in [0.2, 0.25) is 0 Å². The molecular weight excluding hydrogens is 304 g/mol. The number of carbonyl (C=O) groups excluding carboxylic acids is 1. The highest BCUT2D eigenvalue weighted by atomic mass is 16.5. The van der Waals surface area contributed by atoms with Gasteiger partial charge in [0.1, 0.15) is 0 Å². The summed E-state index contributed by atoms with van der Waals surface area (Å²) in [5.41, 5.74) is 2.17. The molecule has 6 nitrogen and oxygen atoms in total. The number of aromatic nitrogens is 2. The predicted octanol–water partition coefficient (Wildman–Crippen LogP) is 2.14. The van der Waals surface area contributed by atoms with Gasteiger partial charge in [-0.15, -0.1) is 0 Å². The molecule has 6 heteroatoms. The smallest absolute Gasteiger partial charge is 0.224 e. The van der Waals surface area contributed by atoms with Crippen LogP contribution >= 0.6 is 0 Å². The molecule has 2 aromatic heterocycles. The molecule has 2 aromatic rings. The average molecular weight is 330 g/mol. The largest absolute Gasteiger partial charge is 0.384 e. The highest BCUT2D eigenvalue weighted by molar-refractivity contribution is 5.76. The second kappa shape index (κ2) is 7.21. The van der Waals surface area contributed by atoms with Crippen molar-refractivity contribution in [1.82, 2.24) is 14.3 Å². The van der Waals surface area contributed by atoms with Gasteiger partial charge in [-0.1, -0.05) is 0 Å². The Bertz CT molecular complexity index is 710. The molecule has 3 heterocycles. The Balaban J connectivity index is 1.83. The number of fused-ring (bicyclic) bond motifs is 1. The van der Waals surface area contributed by atoms with E-state index in [0.717, 1.165) is 43.0 Å². The number of amides is 1. The molecule has 0 bridgehead atoms. The lowest BCUT2D eigenvalue weighted by molar-refractivity contribution is -0.133. The van der Waals surface area contributed by atoms with Gasteiger partial charge < -0.3 is 18.9 Å². The topological polar surface area (TPSA) is 50.1 Å². The van der Waals surface area contributed by atoms with Gasteiger partial charge in [0.25, 0.3) is 0 Å². The summed E-state index contributed by atoms with van der Waals surface area (Å²) in [7, 11) is 5.66. The van der Waals surface area contributed by atoms with E-state index in [0.29, 0.717) is 13.0 Å². The minimum Gasteiger partial charge on any atom is -0.384 e. The molecule has 1 aliphatic rings. The third-order valence-corrected chi connectivity index (χ3v) is 4.65. The van der Waals surface area contributed by atoms with Gasteiger partial charge in [0.2, 0.25) is 5.91 Å². The molecule has 0 radical (unpaired) electrons. The monoisotopic (exact) mass is 330 g/mol. The quantitative estimate of drug-likeness (QED) is 0.843. The first kappa shape index (κ1) is 16.8. The lowest BCUT2D eigenvalue weighted by Gasteiger charge is -2.33. The molecule has 0 aromatic carbocycles. The third kappa shape index (κ3) is 3.38. The van der Waals surface area contributed by atoms with E-state index in [-0.39, 0.29) is 11.8 Å². The van der Waals surface area contributed by atoms with Crippen molar-refractivity contribution in [2.24, 2.45) is 0 Å². The number of anilines is 1. The van der Waals surface area contributed by atoms with E-state index in [1.54, 1.807) is 7.11 Å². The van der Waals surface area contributed by atoms with Crippen LogP contribution in [0.5, 0.6) is 0 Å². The van der Waals surface area contributed by atoms with E-state index < -0.39 is 0 Å². The number of methoxy groups -OCH3 is 1. The molecule has 1 atom stereocenters. The van der Waals surface area contributed by atoms with Crippen LogP contribution in [0.3, 0.4) is 0 Å².